The van der Waals surface area contributed by atoms with Crippen LogP contribution >= 0.6 is 0 Å². The summed E-state index contributed by atoms with van der Waals surface area (Å²) in [6.07, 6.45) is 3.65. The predicted octanol–water partition coefficient (Wildman–Crippen LogP) is 2.10. The molecule has 0 fully saturated rings. The van der Waals surface area contributed by atoms with Gasteiger partial charge in [-0.1, -0.05) is 0 Å². The average molecular weight is 256 g/mol. The highest BCUT2D eigenvalue weighted by molar-refractivity contribution is 5.92. The van der Waals surface area contributed by atoms with Crippen LogP contribution in [0.3, 0.4) is 0 Å². The van der Waals surface area contributed by atoms with Crippen LogP contribution in [0.4, 0.5) is 0 Å². The smallest absolute Gasteiger partial charge is 0.335 e. The molecule has 94 valence electrons. The van der Waals surface area contributed by atoms with E-state index in [9.17, 15) is 9.59 Å². The van der Waals surface area contributed by atoms with Gasteiger partial charge in [-0.3, -0.25) is 9.20 Å². The van der Waals surface area contributed by atoms with E-state index in [4.69, 9.17) is 9.52 Å². The number of carbonyl (C=O) groups is 2. The number of carbonyl (C=O) groups excluding carboxylic acids is 1. The van der Waals surface area contributed by atoms with E-state index in [1.807, 2.05) is 0 Å². The van der Waals surface area contributed by atoms with Gasteiger partial charge in [-0.05, 0) is 24.3 Å². The summed E-state index contributed by atoms with van der Waals surface area (Å²) in [5.41, 5.74) is 0.706. The number of furan rings is 1. The molecule has 19 heavy (non-hydrogen) atoms. The van der Waals surface area contributed by atoms with Gasteiger partial charge in [0.15, 0.2) is 17.9 Å². The fraction of sp³-hybridized carbons (Fsp3) is 0. The lowest BCUT2D eigenvalue weighted by Gasteiger charge is -1.99. The maximum atomic E-state index is 11.0. The fourth-order valence-corrected chi connectivity index (χ4v) is 1.91. The molecule has 0 atom stereocenters. The second kappa shape index (κ2) is 4.09. The van der Waals surface area contributed by atoms with Crippen molar-refractivity contribution in [1.82, 2.24) is 9.38 Å². The zero-order chi connectivity index (χ0) is 13.4. The van der Waals surface area contributed by atoms with E-state index in [1.54, 1.807) is 22.7 Å². The zero-order valence-corrected chi connectivity index (χ0v) is 9.61. The average Bonchev–Trinajstić information content (AvgIpc) is 3.04. The Morgan fingerprint density at radius 1 is 1.42 bits per heavy atom. The second-order valence-corrected chi connectivity index (χ2v) is 3.89. The predicted molar refractivity (Wildman–Crippen MR) is 65.2 cm³/mol. The number of hydrogen-bond donors (Lipinski definition) is 1. The first-order chi connectivity index (χ1) is 9.20. The Morgan fingerprint density at radius 3 is 2.89 bits per heavy atom. The first-order valence-electron chi connectivity index (χ1n) is 5.45. The summed E-state index contributed by atoms with van der Waals surface area (Å²) in [5, 5.41) is 8.96. The van der Waals surface area contributed by atoms with E-state index in [0.29, 0.717) is 23.4 Å². The zero-order valence-electron chi connectivity index (χ0n) is 9.61. The van der Waals surface area contributed by atoms with Crippen molar-refractivity contribution in [3.8, 4) is 11.6 Å². The Bertz CT molecular complexity index is 771. The van der Waals surface area contributed by atoms with Gasteiger partial charge in [-0.15, -0.1) is 0 Å². The number of fused-ring (bicyclic) bond motifs is 1. The molecule has 3 heterocycles. The number of aromatic nitrogens is 2. The van der Waals surface area contributed by atoms with E-state index in [2.05, 4.69) is 4.98 Å². The summed E-state index contributed by atoms with van der Waals surface area (Å²) in [6, 6.07) is 6.28. The lowest BCUT2D eigenvalue weighted by Crippen LogP contribution is -1.98. The molecule has 0 radical (unpaired) electrons. The van der Waals surface area contributed by atoms with Crippen LogP contribution in [0.25, 0.3) is 17.1 Å². The molecule has 0 amide bonds. The van der Waals surface area contributed by atoms with Gasteiger partial charge >= 0.3 is 5.97 Å². The standard InChI is InChI=1S/C13H8N2O4/c16-7-9-10-6-8(13(17)18)3-4-15(10)12(14-9)11-2-1-5-19-11/h1-7H,(H,17,18). The Morgan fingerprint density at radius 2 is 2.26 bits per heavy atom. The van der Waals surface area contributed by atoms with E-state index in [1.165, 1.54) is 18.4 Å². The summed E-state index contributed by atoms with van der Waals surface area (Å²) in [7, 11) is 0. The molecule has 1 N–H and O–H groups in total. The van der Waals surface area contributed by atoms with E-state index in [-0.39, 0.29) is 11.3 Å². The Balaban J connectivity index is 2.32. The van der Waals surface area contributed by atoms with Crippen molar-refractivity contribution in [2.75, 3.05) is 0 Å². The number of hydrogen-bond acceptors (Lipinski definition) is 4. The third-order valence-corrected chi connectivity index (χ3v) is 2.77. The van der Waals surface area contributed by atoms with Crippen LogP contribution in [0, 0.1) is 0 Å². The topological polar surface area (TPSA) is 84.8 Å². The van der Waals surface area contributed by atoms with Gasteiger partial charge in [0.2, 0.25) is 0 Å². The lowest BCUT2D eigenvalue weighted by atomic mass is 10.2. The molecule has 0 bridgehead atoms. The maximum Gasteiger partial charge on any atom is 0.335 e. The minimum Gasteiger partial charge on any atom is -0.478 e. The number of aromatic carboxylic acids is 1. The van der Waals surface area contributed by atoms with E-state index in [0.717, 1.165) is 0 Å². The number of rotatable bonds is 3. The van der Waals surface area contributed by atoms with Crippen LogP contribution in [-0.2, 0) is 0 Å². The van der Waals surface area contributed by atoms with Crippen molar-refractivity contribution in [2.45, 2.75) is 0 Å². The third kappa shape index (κ3) is 1.70. The highest BCUT2D eigenvalue weighted by Crippen LogP contribution is 2.23. The van der Waals surface area contributed by atoms with E-state index >= 15 is 0 Å². The summed E-state index contributed by atoms with van der Waals surface area (Å²) < 4.78 is 6.87. The van der Waals surface area contributed by atoms with Crippen molar-refractivity contribution in [2.24, 2.45) is 0 Å². The Hall–Kier alpha value is -2.89. The third-order valence-electron chi connectivity index (χ3n) is 2.77. The molecule has 0 saturated carbocycles. The molecular formula is C13H8N2O4. The van der Waals surface area contributed by atoms with Crippen LogP contribution in [-0.4, -0.2) is 26.7 Å². The van der Waals surface area contributed by atoms with Crippen molar-refractivity contribution >= 4 is 17.8 Å². The second-order valence-electron chi connectivity index (χ2n) is 3.89. The molecule has 0 aliphatic rings. The molecular weight excluding hydrogens is 248 g/mol. The molecule has 3 aromatic heterocycles. The molecule has 3 aromatic rings. The van der Waals surface area contributed by atoms with Gasteiger partial charge in [-0.25, -0.2) is 9.78 Å². The molecule has 0 saturated heterocycles. The lowest BCUT2D eigenvalue weighted by molar-refractivity contribution is 0.0696. The summed E-state index contributed by atoms with van der Waals surface area (Å²) in [5.74, 6) is -0.0923. The number of nitrogens with zero attached hydrogens (tertiary/aromatic N) is 2. The minimum absolute atomic E-state index is 0.0986. The molecule has 6 heteroatoms. The van der Waals surface area contributed by atoms with Gasteiger partial charge in [0.05, 0.1) is 17.3 Å². The van der Waals surface area contributed by atoms with Gasteiger partial charge < -0.3 is 9.52 Å². The monoisotopic (exact) mass is 256 g/mol. The molecule has 3 rings (SSSR count). The Labute approximate surface area is 106 Å². The van der Waals surface area contributed by atoms with Gasteiger partial charge in [0.1, 0.15) is 5.69 Å². The summed E-state index contributed by atoms with van der Waals surface area (Å²) >= 11 is 0. The molecule has 6 nitrogen and oxygen atoms in total. The van der Waals surface area contributed by atoms with Crippen molar-refractivity contribution in [3.63, 3.8) is 0 Å². The first-order valence-corrected chi connectivity index (χ1v) is 5.45. The van der Waals surface area contributed by atoms with Crippen LogP contribution in [0.15, 0.2) is 41.1 Å². The number of carboxylic acids is 1. The van der Waals surface area contributed by atoms with Crippen LogP contribution < -0.4 is 0 Å². The summed E-state index contributed by atoms with van der Waals surface area (Å²) in [4.78, 5) is 26.1. The van der Waals surface area contributed by atoms with Crippen LogP contribution in [0.5, 0.6) is 0 Å². The SMILES string of the molecule is O=Cc1nc(-c2ccco2)n2ccc(C(=O)O)cc12. The van der Waals surface area contributed by atoms with E-state index < -0.39 is 5.97 Å². The molecule has 0 aliphatic carbocycles. The number of carboxylic acid groups (broad SMARTS) is 1. The normalized spacial score (nSPS) is 10.7. The first kappa shape index (κ1) is 11.2. The highest BCUT2D eigenvalue weighted by Gasteiger charge is 2.15. The van der Waals surface area contributed by atoms with Crippen molar-refractivity contribution < 1.29 is 19.1 Å². The number of pyridine rings is 1. The van der Waals surface area contributed by atoms with Crippen molar-refractivity contribution in [1.29, 1.82) is 0 Å². The molecule has 0 unspecified atom stereocenters. The number of aldehydes is 1. The highest BCUT2D eigenvalue weighted by atomic mass is 16.4. The van der Waals surface area contributed by atoms with Gasteiger partial charge in [0, 0.05) is 6.20 Å². The minimum atomic E-state index is -1.06. The quantitative estimate of drug-likeness (QED) is 0.725. The van der Waals surface area contributed by atoms with Crippen LogP contribution in [0.2, 0.25) is 0 Å². The number of imidazole rings is 1. The fourth-order valence-electron chi connectivity index (χ4n) is 1.91. The van der Waals surface area contributed by atoms with Gasteiger partial charge in [-0.2, -0.15) is 0 Å². The van der Waals surface area contributed by atoms with Crippen molar-refractivity contribution in [3.05, 3.63) is 48.0 Å². The molecule has 0 spiro atoms. The maximum absolute atomic E-state index is 11.0. The van der Waals surface area contributed by atoms with Crippen LogP contribution in [0.1, 0.15) is 20.8 Å². The Kier molecular flexibility index (Phi) is 2.42. The summed E-state index contributed by atoms with van der Waals surface area (Å²) in [6.45, 7) is 0. The molecule has 0 aliphatic heterocycles. The van der Waals surface area contributed by atoms with Gasteiger partial charge in [0.25, 0.3) is 0 Å². The molecule has 0 aromatic carbocycles. The largest absolute Gasteiger partial charge is 0.478 e.